The van der Waals surface area contributed by atoms with Crippen LogP contribution in [0.3, 0.4) is 0 Å². The number of rotatable bonds is 7. The van der Waals surface area contributed by atoms with Crippen molar-refractivity contribution in [3.8, 4) is 0 Å². The molecule has 2 N–H and O–H groups in total. The molecule has 1 atom stereocenters. The number of nitrogens with zero attached hydrogens (tertiary/aromatic N) is 1. The van der Waals surface area contributed by atoms with Crippen molar-refractivity contribution in [3.05, 3.63) is 34.3 Å². The van der Waals surface area contributed by atoms with Crippen LogP contribution in [0.25, 0.3) is 0 Å². The maximum atomic E-state index is 12.6. The number of amides is 2. The highest BCUT2D eigenvalue weighted by atomic mass is 79.9. The second kappa shape index (κ2) is 10.7. The van der Waals surface area contributed by atoms with Crippen LogP contribution >= 0.6 is 28.3 Å². The van der Waals surface area contributed by atoms with Crippen LogP contribution in [0.15, 0.2) is 28.7 Å². The lowest BCUT2D eigenvalue weighted by Gasteiger charge is -2.24. The van der Waals surface area contributed by atoms with Gasteiger partial charge in [-0.05, 0) is 50.1 Å². The zero-order valence-corrected chi connectivity index (χ0v) is 16.3. The van der Waals surface area contributed by atoms with E-state index in [2.05, 4.69) is 33.5 Å². The third kappa shape index (κ3) is 5.76. The Bertz CT molecular complexity index is 539. The van der Waals surface area contributed by atoms with Crippen LogP contribution in [-0.4, -0.2) is 48.9 Å². The minimum atomic E-state index is -0.350. The van der Waals surface area contributed by atoms with Crippen molar-refractivity contribution in [2.75, 3.05) is 26.2 Å². The highest BCUT2D eigenvalue weighted by Gasteiger charge is 2.34. The Morgan fingerprint density at radius 1 is 1.21 bits per heavy atom. The Morgan fingerprint density at radius 3 is 2.58 bits per heavy atom. The SMILES string of the molecule is CCCNCCNC(=O)C1CCCN1C(=O)c1ccc(Br)cc1.Cl. The van der Waals surface area contributed by atoms with Crippen molar-refractivity contribution in [1.29, 1.82) is 0 Å². The van der Waals surface area contributed by atoms with Gasteiger partial charge in [-0.25, -0.2) is 0 Å². The molecule has 24 heavy (non-hydrogen) atoms. The molecule has 2 amide bonds. The number of halogens is 2. The molecule has 0 aromatic heterocycles. The van der Waals surface area contributed by atoms with Crippen molar-refractivity contribution in [2.45, 2.75) is 32.2 Å². The van der Waals surface area contributed by atoms with Crippen molar-refractivity contribution < 1.29 is 9.59 Å². The first-order valence-electron chi connectivity index (χ1n) is 8.18. The molecule has 1 unspecified atom stereocenters. The van der Waals surface area contributed by atoms with Crippen molar-refractivity contribution in [2.24, 2.45) is 0 Å². The molecule has 1 aromatic rings. The molecule has 1 heterocycles. The fraction of sp³-hybridized carbons (Fsp3) is 0.529. The van der Waals surface area contributed by atoms with Gasteiger partial charge in [0.2, 0.25) is 5.91 Å². The number of carbonyl (C=O) groups excluding carboxylic acids is 2. The van der Waals surface area contributed by atoms with Gasteiger partial charge in [-0.3, -0.25) is 9.59 Å². The molecule has 5 nitrogen and oxygen atoms in total. The second-order valence-corrected chi connectivity index (χ2v) is 6.62. The molecule has 1 saturated heterocycles. The lowest BCUT2D eigenvalue weighted by atomic mass is 10.1. The minimum absolute atomic E-state index is 0. The van der Waals surface area contributed by atoms with E-state index in [-0.39, 0.29) is 30.3 Å². The van der Waals surface area contributed by atoms with Crippen LogP contribution in [0.2, 0.25) is 0 Å². The van der Waals surface area contributed by atoms with E-state index in [1.54, 1.807) is 17.0 Å². The Hall–Kier alpha value is -1.11. The van der Waals surface area contributed by atoms with Gasteiger partial charge in [0.25, 0.3) is 5.91 Å². The zero-order chi connectivity index (χ0) is 16.7. The van der Waals surface area contributed by atoms with E-state index < -0.39 is 0 Å². The normalized spacial score (nSPS) is 16.6. The van der Waals surface area contributed by atoms with Gasteiger partial charge in [0.15, 0.2) is 0 Å². The lowest BCUT2D eigenvalue weighted by Crippen LogP contribution is -2.47. The largest absolute Gasteiger partial charge is 0.353 e. The third-order valence-electron chi connectivity index (χ3n) is 3.94. The van der Waals surface area contributed by atoms with Crippen LogP contribution in [0.5, 0.6) is 0 Å². The minimum Gasteiger partial charge on any atom is -0.353 e. The van der Waals surface area contributed by atoms with E-state index in [4.69, 9.17) is 0 Å². The number of hydrogen-bond donors (Lipinski definition) is 2. The molecular formula is C17H25BrClN3O2. The number of likely N-dealkylation sites (tertiary alicyclic amines) is 1. The zero-order valence-electron chi connectivity index (χ0n) is 13.9. The van der Waals surface area contributed by atoms with E-state index in [0.717, 1.165) is 36.8 Å². The van der Waals surface area contributed by atoms with Gasteiger partial charge in [0, 0.05) is 29.7 Å². The van der Waals surface area contributed by atoms with Crippen molar-refractivity contribution in [3.63, 3.8) is 0 Å². The molecular weight excluding hydrogens is 394 g/mol. The van der Waals surface area contributed by atoms with Gasteiger partial charge in [-0.15, -0.1) is 12.4 Å². The topological polar surface area (TPSA) is 61.4 Å². The van der Waals surface area contributed by atoms with Gasteiger partial charge in [0.1, 0.15) is 6.04 Å². The third-order valence-corrected chi connectivity index (χ3v) is 4.46. The summed E-state index contributed by atoms with van der Waals surface area (Å²) < 4.78 is 0.935. The smallest absolute Gasteiger partial charge is 0.254 e. The van der Waals surface area contributed by atoms with Crippen LogP contribution in [0.1, 0.15) is 36.5 Å². The summed E-state index contributed by atoms with van der Waals surface area (Å²) in [4.78, 5) is 26.6. The first-order valence-corrected chi connectivity index (χ1v) is 8.97. The summed E-state index contributed by atoms with van der Waals surface area (Å²) in [5.74, 6) is -0.120. The molecule has 0 spiro atoms. The predicted octanol–water partition coefficient (Wildman–Crippen LogP) is 2.59. The molecule has 1 aliphatic rings. The maximum Gasteiger partial charge on any atom is 0.254 e. The summed E-state index contributed by atoms with van der Waals surface area (Å²) in [6, 6.07) is 6.91. The summed E-state index contributed by atoms with van der Waals surface area (Å²) in [7, 11) is 0. The Balaban J connectivity index is 0.00000288. The average Bonchev–Trinajstić information content (AvgIpc) is 3.04. The first kappa shape index (κ1) is 20.9. The highest BCUT2D eigenvalue weighted by Crippen LogP contribution is 2.21. The molecule has 7 heteroatoms. The fourth-order valence-electron chi connectivity index (χ4n) is 2.73. The number of carbonyl (C=O) groups is 2. The summed E-state index contributed by atoms with van der Waals surface area (Å²) in [5.41, 5.74) is 0.623. The quantitative estimate of drug-likeness (QED) is 0.669. The van der Waals surface area contributed by atoms with E-state index in [1.165, 1.54) is 0 Å². The van der Waals surface area contributed by atoms with Crippen LogP contribution < -0.4 is 10.6 Å². The number of benzene rings is 1. The van der Waals surface area contributed by atoms with Gasteiger partial charge < -0.3 is 15.5 Å². The molecule has 1 aromatic carbocycles. The van der Waals surface area contributed by atoms with Crippen molar-refractivity contribution >= 4 is 40.2 Å². The highest BCUT2D eigenvalue weighted by molar-refractivity contribution is 9.10. The summed E-state index contributed by atoms with van der Waals surface area (Å²) in [5, 5.41) is 6.17. The first-order chi connectivity index (χ1) is 11.1. The van der Waals surface area contributed by atoms with E-state index >= 15 is 0 Å². The predicted molar refractivity (Wildman–Crippen MR) is 102 cm³/mol. The van der Waals surface area contributed by atoms with Gasteiger partial charge in [-0.2, -0.15) is 0 Å². The fourth-order valence-corrected chi connectivity index (χ4v) is 3.00. The van der Waals surface area contributed by atoms with Crippen molar-refractivity contribution in [1.82, 2.24) is 15.5 Å². The number of hydrogen-bond acceptors (Lipinski definition) is 3. The summed E-state index contributed by atoms with van der Waals surface area (Å²) in [6.45, 7) is 5.05. The molecule has 1 aliphatic heterocycles. The standard InChI is InChI=1S/C17H24BrN3O2.ClH/c1-2-9-19-10-11-20-16(22)15-4-3-12-21(15)17(23)13-5-7-14(18)8-6-13;/h5-8,15,19H,2-4,9-12H2,1H3,(H,20,22);1H. The average molecular weight is 419 g/mol. The summed E-state index contributed by atoms with van der Waals surface area (Å²) >= 11 is 3.36. The molecule has 0 aliphatic carbocycles. The van der Waals surface area contributed by atoms with Crippen LogP contribution in [0.4, 0.5) is 0 Å². The van der Waals surface area contributed by atoms with E-state index in [1.807, 2.05) is 12.1 Å². The molecule has 134 valence electrons. The van der Waals surface area contributed by atoms with Gasteiger partial charge in [-0.1, -0.05) is 22.9 Å². The Morgan fingerprint density at radius 2 is 1.92 bits per heavy atom. The second-order valence-electron chi connectivity index (χ2n) is 5.70. The van der Waals surface area contributed by atoms with Gasteiger partial charge in [0.05, 0.1) is 0 Å². The Labute approximate surface area is 158 Å². The molecule has 0 saturated carbocycles. The van der Waals surface area contributed by atoms with Gasteiger partial charge >= 0.3 is 0 Å². The van der Waals surface area contributed by atoms with Crippen LogP contribution in [-0.2, 0) is 4.79 Å². The number of nitrogens with one attached hydrogen (secondary N) is 2. The van der Waals surface area contributed by atoms with E-state index in [9.17, 15) is 9.59 Å². The monoisotopic (exact) mass is 417 g/mol. The lowest BCUT2D eigenvalue weighted by molar-refractivity contribution is -0.124. The molecule has 1 fully saturated rings. The maximum absolute atomic E-state index is 12.6. The Kier molecular flexibility index (Phi) is 9.33. The molecule has 0 radical (unpaired) electrons. The molecule has 0 bridgehead atoms. The van der Waals surface area contributed by atoms with E-state index in [0.29, 0.717) is 18.7 Å². The molecule has 2 rings (SSSR count). The van der Waals surface area contributed by atoms with Crippen LogP contribution in [0, 0.1) is 0 Å². The summed E-state index contributed by atoms with van der Waals surface area (Å²) in [6.07, 6.45) is 2.68.